The van der Waals surface area contributed by atoms with Crippen LogP contribution < -0.4 is 5.32 Å². The summed E-state index contributed by atoms with van der Waals surface area (Å²) in [7, 11) is 0. The van der Waals surface area contributed by atoms with Crippen molar-refractivity contribution in [2.24, 2.45) is 0 Å². The Labute approximate surface area is 159 Å². The first-order valence-electron chi connectivity index (χ1n) is 9.35. The number of rotatable bonds is 6. The topological polar surface area (TPSA) is 54.5 Å². The fourth-order valence-electron chi connectivity index (χ4n) is 3.43. The molecule has 3 rings (SSSR count). The normalized spacial score (nSPS) is 21.8. The monoisotopic (exact) mass is 375 g/mol. The van der Waals surface area contributed by atoms with Crippen LogP contribution in [0.15, 0.2) is 24.3 Å². The van der Waals surface area contributed by atoms with Gasteiger partial charge >= 0.3 is 0 Å². The number of amides is 1. The van der Waals surface area contributed by atoms with Gasteiger partial charge in [-0.05, 0) is 39.8 Å². The summed E-state index contributed by atoms with van der Waals surface area (Å²) in [5.41, 5.74) is 0.933. The van der Waals surface area contributed by atoms with E-state index in [4.69, 9.17) is 4.74 Å². The molecule has 1 aromatic heterocycles. The number of benzene rings is 1. The number of para-hydroxylation sites is 1. The van der Waals surface area contributed by atoms with Gasteiger partial charge in [-0.15, -0.1) is 11.3 Å². The predicted octanol–water partition coefficient (Wildman–Crippen LogP) is 3.23. The highest BCUT2D eigenvalue weighted by atomic mass is 32.1. The third-order valence-electron chi connectivity index (χ3n) is 4.90. The number of hydrogen-bond donors (Lipinski definition) is 1. The Hall–Kier alpha value is -1.50. The van der Waals surface area contributed by atoms with Crippen molar-refractivity contribution in [2.45, 2.75) is 58.3 Å². The third kappa shape index (κ3) is 4.81. The highest BCUT2D eigenvalue weighted by Crippen LogP contribution is 2.23. The van der Waals surface area contributed by atoms with Crippen molar-refractivity contribution in [1.82, 2.24) is 15.2 Å². The second kappa shape index (κ2) is 8.03. The molecule has 1 amide bonds. The molecule has 0 bridgehead atoms. The fraction of sp³-hybridized carbons (Fsp3) is 0.600. The Balaban J connectivity index is 1.48. The Kier molecular flexibility index (Phi) is 5.95. The quantitative estimate of drug-likeness (QED) is 0.842. The van der Waals surface area contributed by atoms with Crippen molar-refractivity contribution in [2.75, 3.05) is 19.6 Å². The van der Waals surface area contributed by atoms with Crippen LogP contribution in [0.25, 0.3) is 10.2 Å². The molecule has 6 heteroatoms. The average molecular weight is 376 g/mol. The molecule has 1 fully saturated rings. The van der Waals surface area contributed by atoms with Gasteiger partial charge in [0.2, 0.25) is 5.91 Å². The van der Waals surface area contributed by atoms with Crippen molar-refractivity contribution in [3.8, 4) is 0 Å². The summed E-state index contributed by atoms with van der Waals surface area (Å²) in [5, 5.41) is 4.13. The van der Waals surface area contributed by atoms with Crippen LogP contribution in [0.5, 0.6) is 0 Å². The molecule has 0 spiro atoms. The van der Waals surface area contributed by atoms with Gasteiger partial charge in [0.05, 0.1) is 27.4 Å². The second-order valence-electron chi connectivity index (χ2n) is 7.83. The Morgan fingerprint density at radius 1 is 1.31 bits per heavy atom. The summed E-state index contributed by atoms with van der Waals surface area (Å²) in [5.74, 6) is 0.0895. The van der Waals surface area contributed by atoms with E-state index in [1.54, 1.807) is 11.3 Å². The molecule has 0 unspecified atom stereocenters. The van der Waals surface area contributed by atoms with Gasteiger partial charge in [-0.3, -0.25) is 9.69 Å². The minimum absolute atomic E-state index is 0.0855. The molecule has 1 saturated heterocycles. The van der Waals surface area contributed by atoms with Crippen molar-refractivity contribution in [3.05, 3.63) is 29.3 Å². The standard InChI is InChI=1S/C20H29N3O2S/c1-14-11-23(12-15(2)25-14)20(3,4)13-21-18(24)9-10-19-22-16-7-5-6-8-17(16)26-19/h5-8,14-15H,9-13H2,1-4H3,(H,21,24)/t14-,15-/m1/s1. The van der Waals surface area contributed by atoms with E-state index in [0.29, 0.717) is 19.4 Å². The second-order valence-corrected chi connectivity index (χ2v) is 8.94. The minimum atomic E-state index is -0.0855. The summed E-state index contributed by atoms with van der Waals surface area (Å²) in [6.07, 6.45) is 1.63. The van der Waals surface area contributed by atoms with Gasteiger partial charge in [0.1, 0.15) is 0 Å². The number of carbonyl (C=O) groups is 1. The number of nitrogens with one attached hydrogen (secondary N) is 1. The molecule has 5 nitrogen and oxygen atoms in total. The molecule has 26 heavy (non-hydrogen) atoms. The maximum atomic E-state index is 12.3. The highest BCUT2D eigenvalue weighted by Gasteiger charge is 2.33. The van der Waals surface area contributed by atoms with Gasteiger partial charge in [-0.2, -0.15) is 0 Å². The molecule has 0 radical (unpaired) electrons. The van der Waals surface area contributed by atoms with Gasteiger partial charge in [0, 0.05) is 38.0 Å². The van der Waals surface area contributed by atoms with Gasteiger partial charge in [-0.25, -0.2) is 4.98 Å². The molecule has 1 aliphatic heterocycles. The van der Waals surface area contributed by atoms with Crippen LogP contribution in [-0.4, -0.2) is 53.2 Å². The molecule has 1 N–H and O–H groups in total. The van der Waals surface area contributed by atoms with Crippen LogP contribution in [0.4, 0.5) is 0 Å². The molecular weight excluding hydrogens is 346 g/mol. The number of nitrogens with zero attached hydrogens (tertiary/aromatic N) is 2. The lowest BCUT2D eigenvalue weighted by molar-refractivity contribution is -0.122. The van der Waals surface area contributed by atoms with Gasteiger partial charge in [-0.1, -0.05) is 12.1 Å². The summed E-state index contributed by atoms with van der Waals surface area (Å²) < 4.78 is 7.00. The number of morpholine rings is 1. The van der Waals surface area contributed by atoms with Crippen LogP contribution in [-0.2, 0) is 16.0 Å². The number of carbonyl (C=O) groups excluding carboxylic acids is 1. The molecule has 0 saturated carbocycles. The zero-order valence-electron chi connectivity index (χ0n) is 16.1. The summed E-state index contributed by atoms with van der Waals surface area (Å²) >= 11 is 1.67. The maximum Gasteiger partial charge on any atom is 0.220 e. The van der Waals surface area contributed by atoms with Crippen LogP contribution in [0.3, 0.4) is 0 Å². The van der Waals surface area contributed by atoms with Crippen LogP contribution >= 0.6 is 11.3 Å². The van der Waals surface area contributed by atoms with Gasteiger partial charge < -0.3 is 10.1 Å². The van der Waals surface area contributed by atoms with E-state index >= 15 is 0 Å². The SMILES string of the molecule is C[C@@H]1CN(C(C)(C)CNC(=O)CCc2nc3ccccc3s2)C[C@@H](C)O1. The lowest BCUT2D eigenvalue weighted by atomic mass is 10.00. The van der Waals surface area contributed by atoms with E-state index in [1.165, 1.54) is 4.70 Å². The lowest BCUT2D eigenvalue weighted by Gasteiger charge is -2.45. The van der Waals surface area contributed by atoms with Crippen LogP contribution in [0.1, 0.15) is 39.1 Å². The Bertz CT molecular complexity index is 715. The first kappa shape index (κ1) is 19.3. The van der Waals surface area contributed by atoms with E-state index in [0.717, 1.165) is 23.6 Å². The van der Waals surface area contributed by atoms with E-state index in [9.17, 15) is 4.79 Å². The first-order valence-corrected chi connectivity index (χ1v) is 10.2. The largest absolute Gasteiger partial charge is 0.373 e. The highest BCUT2D eigenvalue weighted by molar-refractivity contribution is 7.18. The van der Waals surface area contributed by atoms with Crippen molar-refractivity contribution in [1.29, 1.82) is 0 Å². The average Bonchev–Trinajstić information content (AvgIpc) is 3.00. The van der Waals surface area contributed by atoms with Gasteiger partial charge in [0.15, 0.2) is 0 Å². The fourth-order valence-corrected chi connectivity index (χ4v) is 4.40. The molecule has 1 aliphatic rings. The number of aromatic nitrogens is 1. The number of aryl methyl sites for hydroxylation is 1. The van der Waals surface area contributed by atoms with Crippen LogP contribution in [0, 0.1) is 0 Å². The number of ether oxygens (including phenoxy) is 1. The lowest BCUT2D eigenvalue weighted by Crippen LogP contribution is -2.58. The Morgan fingerprint density at radius 2 is 2.00 bits per heavy atom. The zero-order chi connectivity index (χ0) is 18.7. The first-order chi connectivity index (χ1) is 12.3. The van der Waals surface area contributed by atoms with E-state index in [1.807, 2.05) is 18.2 Å². The predicted molar refractivity (Wildman–Crippen MR) is 107 cm³/mol. The Morgan fingerprint density at radius 3 is 2.69 bits per heavy atom. The number of thiazole rings is 1. The van der Waals surface area contributed by atoms with Crippen molar-refractivity contribution in [3.63, 3.8) is 0 Å². The van der Waals surface area contributed by atoms with E-state index in [2.05, 4.69) is 49.0 Å². The van der Waals surface area contributed by atoms with E-state index < -0.39 is 0 Å². The molecule has 1 aromatic carbocycles. The number of hydrogen-bond acceptors (Lipinski definition) is 5. The zero-order valence-corrected chi connectivity index (χ0v) is 16.9. The van der Waals surface area contributed by atoms with Gasteiger partial charge in [0.25, 0.3) is 0 Å². The van der Waals surface area contributed by atoms with Crippen molar-refractivity contribution >= 4 is 27.5 Å². The number of fused-ring (bicyclic) bond motifs is 1. The smallest absolute Gasteiger partial charge is 0.220 e. The molecular formula is C20H29N3O2S. The molecule has 2 atom stereocenters. The molecule has 2 aromatic rings. The minimum Gasteiger partial charge on any atom is -0.373 e. The summed E-state index contributed by atoms with van der Waals surface area (Å²) in [6.45, 7) is 11.0. The molecule has 142 valence electrons. The van der Waals surface area contributed by atoms with Crippen molar-refractivity contribution < 1.29 is 9.53 Å². The third-order valence-corrected chi connectivity index (χ3v) is 5.99. The summed E-state index contributed by atoms with van der Waals surface area (Å²) in [6, 6.07) is 8.10. The van der Waals surface area contributed by atoms with E-state index in [-0.39, 0.29) is 23.7 Å². The maximum absolute atomic E-state index is 12.3. The van der Waals surface area contributed by atoms with Crippen LogP contribution in [0.2, 0.25) is 0 Å². The molecule has 0 aliphatic carbocycles. The molecule has 2 heterocycles. The summed E-state index contributed by atoms with van der Waals surface area (Å²) in [4.78, 5) is 19.3.